The van der Waals surface area contributed by atoms with Crippen LogP contribution in [0.3, 0.4) is 0 Å². The number of hydrogen-bond donors (Lipinski definition) is 1. The average Bonchev–Trinajstić information content (AvgIpc) is 2.49. The molecule has 0 spiro atoms. The molecule has 3 rings (SSSR count). The number of rotatable bonds is 4. The smallest absolute Gasteiger partial charge is 0.127 e. The molecule has 0 amide bonds. The molecule has 1 saturated carbocycles. The van der Waals surface area contributed by atoms with E-state index in [-0.39, 0.29) is 17.3 Å². The summed E-state index contributed by atoms with van der Waals surface area (Å²) in [6.45, 7) is 0.508. The first-order valence-corrected chi connectivity index (χ1v) is 7.17. The number of nitrogens with one attached hydrogen (secondary N) is 1. The molecule has 2 aromatic carbocycles. The summed E-state index contributed by atoms with van der Waals surface area (Å²) in [6, 6.07) is 19.4. The highest BCUT2D eigenvalue weighted by Crippen LogP contribution is 2.43. The molecule has 0 unspecified atom stereocenters. The van der Waals surface area contributed by atoms with E-state index in [2.05, 4.69) is 11.4 Å². The Morgan fingerprint density at radius 2 is 1.76 bits per heavy atom. The average molecular weight is 280 g/mol. The highest BCUT2D eigenvalue weighted by atomic mass is 19.1. The third kappa shape index (κ3) is 2.68. The van der Waals surface area contributed by atoms with E-state index in [1.807, 2.05) is 36.4 Å². The normalized spacial score (nSPS) is 24.1. The summed E-state index contributed by atoms with van der Waals surface area (Å²) in [4.78, 5) is 0. The van der Waals surface area contributed by atoms with E-state index in [0.29, 0.717) is 12.1 Å². The van der Waals surface area contributed by atoms with E-state index in [0.717, 1.165) is 18.4 Å². The number of halogens is 1. The molecule has 21 heavy (non-hydrogen) atoms. The molecule has 3 heteroatoms. The molecule has 0 atom stereocenters. The van der Waals surface area contributed by atoms with Crippen molar-refractivity contribution in [3.05, 3.63) is 71.5 Å². The monoisotopic (exact) mass is 280 g/mol. The highest BCUT2D eigenvalue weighted by Gasteiger charge is 2.45. The Morgan fingerprint density at radius 3 is 2.43 bits per heavy atom. The lowest BCUT2D eigenvalue weighted by Gasteiger charge is -2.43. The number of nitriles is 1. The third-order valence-corrected chi connectivity index (χ3v) is 4.27. The second kappa shape index (κ2) is 5.67. The summed E-state index contributed by atoms with van der Waals surface area (Å²) in [5.41, 5.74) is 1.37. The molecule has 1 aliphatic carbocycles. The summed E-state index contributed by atoms with van der Waals surface area (Å²) in [5.74, 6) is -0.182. The molecule has 1 N–H and O–H groups in total. The van der Waals surface area contributed by atoms with E-state index in [1.54, 1.807) is 12.1 Å². The van der Waals surface area contributed by atoms with Crippen molar-refractivity contribution in [1.82, 2.24) is 5.32 Å². The SMILES string of the molecule is N#CC1(c2ccccc2)CC(NCc2ccccc2F)C1. The van der Waals surface area contributed by atoms with E-state index in [4.69, 9.17) is 0 Å². The minimum atomic E-state index is -0.381. The molecular weight excluding hydrogens is 263 g/mol. The van der Waals surface area contributed by atoms with Crippen LogP contribution in [0.1, 0.15) is 24.0 Å². The second-order valence-electron chi connectivity index (χ2n) is 5.64. The lowest BCUT2D eigenvalue weighted by Crippen LogP contribution is -2.50. The van der Waals surface area contributed by atoms with Crippen molar-refractivity contribution in [3.63, 3.8) is 0 Å². The molecule has 1 aliphatic rings. The van der Waals surface area contributed by atoms with E-state index in [9.17, 15) is 9.65 Å². The molecular formula is C18H17FN2. The molecule has 0 aliphatic heterocycles. The fourth-order valence-electron chi connectivity index (χ4n) is 2.97. The zero-order chi connectivity index (χ0) is 14.7. The summed E-state index contributed by atoms with van der Waals surface area (Å²) in [7, 11) is 0. The van der Waals surface area contributed by atoms with Gasteiger partial charge in [0.25, 0.3) is 0 Å². The van der Waals surface area contributed by atoms with Crippen LogP contribution in [0, 0.1) is 17.1 Å². The Labute approximate surface area is 124 Å². The van der Waals surface area contributed by atoms with Crippen molar-refractivity contribution in [2.75, 3.05) is 0 Å². The van der Waals surface area contributed by atoms with Crippen LogP contribution >= 0.6 is 0 Å². The fraction of sp³-hybridized carbons (Fsp3) is 0.278. The van der Waals surface area contributed by atoms with Gasteiger partial charge in [0.2, 0.25) is 0 Å². The molecule has 1 fully saturated rings. The van der Waals surface area contributed by atoms with Gasteiger partial charge in [0.15, 0.2) is 0 Å². The van der Waals surface area contributed by atoms with Crippen LogP contribution in [0.25, 0.3) is 0 Å². The fourth-order valence-corrected chi connectivity index (χ4v) is 2.97. The van der Waals surface area contributed by atoms with Crippen LogP contribution in [-0.4, -0.2) is 6.04 Å². The summed E-state index contributed by atoms with van der Waals surface area (Å²) < 4.78 is 13.6. The van der Waals surface area contributed by atoms with Crippen LogP contribution < -0.4 is 5.32 Å². The zero-order valence-electron chi connectivity index (χ0n) is 11.7. The van der Waals surface area contributed by atoms with Crippen molar-refractivity contribution in [1.29, 1.82) is 5.26 Å². The maximum atomic E-state index is 13.6. The quantitative estimate of drug-likeness (QED) is 0.930. The Morgan fingerprint density at radius 1 is 1.10 bits per heavy atom. The highest BCUT2D eigenvalue weighted by molar-refractivity contribution is 5.37. The van der Waals surface area contributed by atoms with Gasteiger partial charge in [0.1, 0.15) is 5.82 Å². The number of hydrogen-bond acceptors (Lipinski definition) is 2. The maximum absolute atomic E-state index is 13.6. The Balaban J connectivity index is 1.61. The van der Waals surface area contributed by atoms with Gasteiger partial charge in [0.05, 0.1) is 11.5 Å². The first kappa shape index (κ1) is 13.8. The van der Waals surface area contributed by atoms with Crippen molar-refractivity contribution < 1.29 is 4.39 Å². The lowest BCUT2D eigenvalue weighted by molar-refractivity contribution is 0.225. The van der Waals surface area contributed by atoms with Crippen molar-refractivity contribution >= 4 is 0 Å². The van der Waals surface area contributed by atoms with Gasteiger partial charge in [-0.3, -0.25) is 0 Å². The molecule has 2 aromatic rings. The predicted molar refractivity (Wildman–Crippen MR) is 80.0 cm³/mol. The van der Waals surface area contributed by atoms with Gasteiger partial charge in [-0.15, -0.1) is 0 Å². The number of benzene rings is 2. The van der Waals surface area contributed by atoms with Gasteiger partial charge in [-0.05, 0) is 24.5 Å². The van der Waals surface area contributed by atoms with Crippen LogP contribution in [-0.2, 0) is 12.0 Å². The van der Waals surface area contributed by atoms with Gasteiger partial charge in [-0.25, -0.2) is 4.39 Å². The Kier molecular flexibility index (Phi) is 3.72. The summed E-state index contributed by atoms with van der Waals surface area (Å²) in [6.07, 6.45) is 1.56. The van der Waals surface area contributed by atoms with Gasteiger partial charge in [0, 0.05) is 18.2 Å². The molecule has 0 heterocycles. The van der Waals surface area contributed by atoms with Crippen LogP contribution in [0.15, 0.2) is 54.6 Å². The number of nitrogens with zero attached hydrogens (tertiary/aromatic N) is 1. The van der Waals surface area contributed by atoms with Crippen molar-refractivity contribution in [2.45, 2.75) is 30.8 Å². The topological polar surface area (TPSA) is 35.8 Å². The largest absolute Gasteiger partial charge is 0.310 e. The standard InChI is InChI=1S/C18H17FN2/c19-17-9-5-4-6-14(17)12-21-16-10-18(11-16,13-20)15-7-2-1-3-8-15/h1-9,16,21H,10-12H2. The molecule has 0 bridgehead atoms. The van der Waals surface area contributed by atoms with Gasteiger partial charge in [-0.1, -0.05) is 48.5 Å². The molecule has 2 nitrogen and oxygen atoms in total. The van der Waals surface area contributed by atoms with Crippen LogP contribution in [0.2, 0.25) is 0 Å². The zero-order valence-corrected chi connectivity index (χ0v) is 11.7. The predicted octanol–water partition coefficient (Wildman–Crippen LogP) is 3.54. The van der Waals surface area contributed by atoms with Crippen LogP contribution in [0.5, 0.6) is 0 Å². The third-order valence-electron chi connectivity index (χ3n) is 4.27. The van der Waals surface area contributed by atoms with Crippen molar-refractivity contribution in [2.24, 2.45) is 0 Å². The van der Waals surface area contributed by atoms with E-state index < -0.39 is 0 Å². The Hall–Kier alpha value is -2.18. The van der Waals surface area contributed by atoms with Crippen LogP contribution in [0.4, 0.5) is 4.39 Å². The van der Waals surface area contributed by atoms with E-state index >= 15 is 0 Å². The molecule has 106 valence electrons. The molecule has 0 saturated heterocycles. The summed E-state index contributed by atoms with van der Waals surface area (Å²) in [5, 5.41) is 12.8. The Bertz CT molecular complexity index is 654. The minimum Gasteiger partial charge on any atom is -0.310 e. The van der Waals surface area contributed by atoms with Crippen molar-refractivity contribution in [3.8, 4) is 6.07 Å². The van der Waals surface area contributed by atoms with Gasteiger partial charge >= 0.3 is 0 Å². The van der Waals surface area contributed by atoms with Gasteiger partial charge < -0.3 is 5.32 Å². The molecule has 0 radical (unpaired) electrons. The first-order valence-electron chi connectivity index (χ1n) is 7.17. The molecule has 0 aromatic heterocycles. The van der Waals surface area contributed by atoms with E-state index in [1.165, 1.54) is 6.07 Å². The summed E-state index contributed by atoms with van der Waals surface area (Å²) >= 11 is 0. The first-order chi connectivity index (χ1) is 10.2. The lowest BCUT2D eigenvalue weighted by atomic mass is 9.62. The maximum Gasteiger partial charge on any atom is 0.127 e. The van der Waals surface area contributed by atoms with Gasteiger partial charge in [-0.2, -0.15) is 5.26 Å². The minimum absolute atomic E-state index is 0.182. The second-order valence-corrected chi connectivity index (χ2v) is 5.64.